The quantitative estimate of drug-likeness (QED) is 0.656. The van der Waals surface area contributed by atoms with Crippen LogP contribution in [0.25, 0.3) is 0 Å². The molecule has 0 spiro atoms. The van der Waals surface area contributed by atoms with Crippen molar-refractivity contribution in [1.29, 1.82) is 0 Å². The maximum absolute atomic E-state index is 13.5. The third-order valence-electron chi connectivity index (χ3n) is 2.83. The van der Waals surface area contributed by atoms with Crippen LogP contribution in [-0.4, -0.2) is 18.8 Å². The van der Waals surface area contributed by atoms with Gasteiger partial charge in [-0.2, -0.15) is 0 Å². The van der Waals surface area contributed by atoms with Gasteiger partial charge in [-0.15, -0.1) is 26.3 Å². The molecular formula is C15H8F8N2O3. The first-order chi connectivity index (χ1) is 12.8. The van der Waals surface area contributed by atoms with Crippen molar-refractivity contribution in [3.05, 3.63) is 48.0 Å². The number of halogens is 8. The second kappa shape index (κ2) is 7.78. The van der Waals surface area contributed by atoms with E-state index in [-0.39, 0.29) is 11.4 Å². The first kappa shape index (κ1) is 21.1. The number of hydrogen-bond acceptors (Lipinski definition) is 3. The van der Waals surface area contributed by atoms with Crippen LogP contribution in [0, 0.1) is 11.6 Å². The maximum atomic E-state index is 13.5. The van der Waals surface area contributed by atoms with E-state index in [0.717, 1.165) is 12.1 Å². The summed E-state index contributed by atoms with van der Waals surface area (Å²) in [5, 5.41) is 4.07. The molecule has 2 rings (SSSR count). The minimum absolute atomic E-state index is 0.276. The Balaban J connectivity index is 2.02. The number of anilines is 2. The highest BCUT2D eigenvalue weighted by molar-refractivity contribution is 5.99. The van der Waals surface area contributed by atoms with E-state index in [9.17, 15) is 39.9 Å². The van der Waals surface area contributed by atoms with Crippen LogP contribution in [0.15, 0.2) is 36.4 Å². The van der Waals surface area contributed by atoms with Gasteiger partial charge in [0.15, 0.2) is 23.1 Å². The molecule has 0 aromatic heterocycles. The summed E-state index contributed by atoms with van der Waals surface area (Å²) >= 11 is 0. The second-order valence-electron chi connectivity index (χ2n) is 4.97. The van der Waals surface area contributed by atoms with E-state index in [1.54, 1.807) is 0 Å². The molecular weight excluding hydrogens is 408 g/mol. The standard InChI is InChI=1S/C15H8F8N2O3/c16-9-5-7(1-3-11(9)27-14(18,19)20)24-13(26)25-8-2-4-12(10(17)6-8)28-15(21,22)23/h1-6H,(H2,24,25,26). The average molecular weight is 416 g/mol. The zero-order valence-electron chi connectivity index (χ0n) is 13.2. The Morgan fingerprint density at radius 2 is 1.07 bits per heavy atom. The minimum atomic E-state index is -5.11. The highest BCUT2D eigenvalue weighted by Gasteiger charge is 2.33. The molecule has 0 heterocycles. The average Bonchev–Trinajstić information content (AvgIpc) is 2.50. The van der Waals surface area contributed by atoms with Crippen molar-refractivity contribution in [2.75, 3.05) is 10.6 Å². The Bertz CT molecular complexity index is 798. The molecule has 0 unspecified atom stereocenters. The van der Waals surface area contributed by atoms with Gasteiger partial charge in [0.2, 0.25) is 0 Å². The minimum Gasteiger partial charge on any atom is -0.403 e. The summed E-state index contributed by atoms with van der Waals surface area (Å²) in [6, 6.07) is 2.99. The van der Waals surface area contributed by atoms with E-state index in [1.807, 2.05) is 10.6 Å². The molecule has 2 amide bonds. The van der Waals surface area contributed by atoms with Gasteiger partial charge in [0, 0.05) is 23.5 Å². The number of ether oxygens (including phenoxy) is 2. The van der Waals surface area contributed by atoms with Gasteiger partial charge in [0.1, 0.15) is 0 Å². The molecule has 0 aliphatic carbocycles. The monoisotopic (exact) mass is 416 g/mol. The van der Waals surface area contributed by atoms with Crippen LogP contribution in [0.2, 0.25) is 0 Å². The lowest BCUT2D eigenvalue weighted by Crippen LogP contribution is -2.21. The number of hydrogen-bond donors (Lipinski definition) is 2. The van der Waals surface area contributed by atoms with Crippen LogP contribution in [0.1, 0.15) is 0 Å². The summed E-state index contributed by atoms with van der Waals surface area (Å²) in [4.78, 5) is 11.7. The molecule has 0 atom stereocenters. The Hall–Kier alpha value is -3.25. The molecule has 2 aromatic rings. The third kappa shape index (κ3) is 6.48. The van der Waals surface area contributed by atoms with Crippen molar-refractivity contribution < 1.29 is 49.4 Å². The molecule has 0 saturated heterocycles. The van der Waals surface area contributed by atoms with Crippen LogP contribution in [0.5, 0.6) is 11.5 Å². The van der Waals surface area contributed by atoms with Crippen molar-refractivity contribution in [3.8, 4) is 11.5 Å². The summed E-state index contributed by atoms with van der Waals surface area (Å²) in [5.41, 5.74) is -0.552. The normalized spacial score (nSPS) is 11.7. The number of urea groups is 1. The lowest BCUT2D eigenvalue weighted by Gasteiger charge is -2.12. The van der Waals surface area contributed by atoms with E-state index in [0.29, 0.717) is 24.3 Å². The van der Waals surface area contributed by atoms with Crippen LogP contribution >= 0.6 is 0 Å². The summed E-state index contributed by atoms with van der Waals surface area (Å²) < 4.78 is 106. The van der Waals surface area contributed by atoms with E-state index in [4.69, 9.17) is 0 Å². The summed E-state index contributed by atoms with van der Waals surface area (Å²) in [6.07, 6.45) is -10.2. The van der Waals surface area contributed by atoms with Gasteiger partial charge < -0.3 is 20.1 Å². The second-order valence-corrected chi connectivity index (χ2v) is 4.97. The van der Waals surface area contributed by atoms with Gasteiger partial charge >= 0.3 is 18.8 Å². The van der Waals surface area contributed by atoms with Gasteiger partial charge in [-0.1, -0.05) is 0 Å². The number of nitrogens with one attached hydrogen (secondary N) is 2. The Kier molecular flexibility index (Phi) is 5.85. The van der Waals surface area contributed by atoms with E-state index >= 15 is 0 Å². The van der Waals surface area contributed by atoms with Crippen molar-refractivity contribution >= 4 is 17.4 Å². The van der Waals surface area contributed by atoms with E-state index in [2.05, 4.69) is 9.47 Å². The molecule has 13 heteroatoms. The van der Waals surface area contributed by atoms with Gasteiger partial charge in [-0.25, -0.2) is 13.6 Å². The van der Waals surface area contributed by atoms with Crippen LogP contribution < -0.4 is 20.1 Å². The molecule has 152 valence electrons. The van der Waals surface area contributed by atoms with E-state index in [1.165, 1.54) is 0 Å². The summed E-state index contributed by atoms with van der Waals surface area (Å²) in [5.74, 6) is -5.09. The Labute approximate surface area is 150 Å². The van der Waals surface area contributed by atoms with Crippen LogP contribution in [0.3, 0.4) is 0 Å². The molecule has 28 heavy (non-hydrogen) atoms. The molecule has 0 aliphatic rings. The maximum Gasteiger partial charge on any atom is 0.573 e. The predicted molar refractivity (Wildman–Crippen MR) is 78.8 cm³/mol. The first-order valence-corrected chi connectivity index (χ1v) is 7.01. The van der Waals surface area contributed by atoms with Gasteiger partial charge in [-0.05, 0) is 24.3 Å². The third-order valence-corrected chi connectivity index (χ3v) is 2.83. The largest absolute Gasteiger partial charge is 0.573 e. The number of rotatable bonds is 4. The van der Waals surface area contributed by atoms with E-state index < -0.39 is 41.9 Å². The number of amides is 2. The van der Waals surface area contributed by atoms with Crippen LogP contribution in [0.4, 0.5) is 51.3 Å². The fraction of sp³-hybridized carbons (Fsp3) is 0.133. The Morgan fingerprint density at radius 3 is 1.36 bits per heavy atom. The molecule has 2 N–H and O–H groups in total. The summed E-state index contributed by atoms with van der Waals surface area (Å²) in [7, 11) is 0. The molecule has 0 radical (unpaired) electrons. The zero-order chi connectivity index (χ0) is 21.1. The molecule has 0 saturated carbocycles. The lowest BCUT2D eigenvalue weighted by atomic mass is 10.3. The Morgan fingerprint density at radius 1 is 0.714 bits per heavy atom. The highest BCUT2D eigenvalue weighted by atomic mass is 19.4. The molecule has 0 bridgehead atoms. The van der Waals surface area contributed by atoms with Crippen molar-refractivity contribution in [2.45, 2.75) is 12.7 Å². The van der Waals surface area contributed by atoms with Gasteiger partial charge in [0.25, 0.3) is 0 Å². The van der Waals surface area contributed by atoms with Crippen molar-refractivity contribution in [3.63, 3.8) is 0 Å². The van der Waals surface area contributed by atoms with Crippen molar-refractivity contribution in [1.82, 2.24) is 0 Å². The zero-order valence-corrected chi connectivity index (χ0v) is 13.2. The SMILES string of the molecule is O=C(Nc1ccc(OC(F)(F)F)c(F)c1)Nc1ccc(OC(F)(F)F)c(F)c1. The van der Waals surface area contributed by atoms with Gasteiger partial charge in [0.05, 0.1) is 0 Å². The topological polar surface area (TPSA) is 59.6 Å². The number of carbonyl (C=O) groups excluding carboxylic acids is 1. The highest BCUT2D eigenvalue weighted by Crippen LogP contribution is 2.29. The first-order valence-electron chi connectivity index (χ1n) is 7.01. The van der Waals surface area contributed by atoms with Crippen LogP contribution in [-0.2, 0) is 0 Å². The molecule has 0 aliphatic heterocycles. The predicted octanol–water partition coefficient (Wildman–Crippen LogP) is 5.41. The summed E-state index contributed by atoms with van der Waals surface area (Å²) in [6.45, 7) is 0. The lowest BCUT2D eigenvalue weighted by molar-refractivity contribution is -0.276. The van der Waals surface area contributed by atoms with Gasteiger partial charge in [-0.3, -0.25) is 0 Å². The van der Waals surface area contributed by atoms with Crippen molar-refractivity contribution in [2.24, 2.45) is 0 Å². The number of carbonyl (C=O) groups is 1. The molecule has 5 nitrogen and oxygen atoms in total. The molecule has 0 fully saturated rings. The molecule has 2 aromatic carbocycles. The number of benzene rings is 2. The number of alkyl halides is 6. The fourth-order valence-electron chi connectivity index (χ4n) is 1.87. The smallest absolute Gasteiger partial charge is 0.403 e. The fourth-order valence-corrected chi connectivity index (χ4v) is 1.87.